The van der Waals surface area contributed by atoms with Gasteiger partial charge in [-0.15, -0.1) is 0 Å². The Kier molecular flexibility index (Phi) is 5.77. The summed E-state index contributed by atoms with van der Waals surface area (Å²) < 4.78 is 87.3. The van der Waals surface area contributed by atoms with E-state index in [4.69, 9.17) is 4.74 Å². The lowest BCUT2D eigenvalue weighted by atomic mass is 10.1. The van der Waals surface area contributed by atoms with Crippen molar-refractivity contribution in [2.75, 3.05) is 36.1 Å². The normalized spacial score (nSPS) is 21.8. The molecular formula is C19H19F6N5O2. The third kappa shape index (κ3) is 3.89. The van der Waals surface area contributed by atoms with Crippen LogP contribution in [0.25, 0.3) is 0 Å². The first kappa shape index (κ1) is 22.4. The van der Waals surface area contributed by atoms with Crippen molar-refractivity contribution in [1.82, 2.24) is 14.5 Å². The molecule has 32 heavy (non-hydrogen) atoms. The Hall–Kier alpha value is -2.83. The lowest BCUT2D eigenvalue weighted by Gasteiger charge is -2.39. The number of hydrogen-bond acceptors (Lipinski definition) is 6. The van der Waals surface area contributed by atoms with Gasteiger partial charge in [-0.2, -0.15) is 22.5 Å². The highest BCUT2D eigenvalue weighted by Crippen LogP contribution is 2.41. The van der Waals surface area contributed by atoms with Crippen molar-refractivity contribution in [2.45, 2.75) is 38.0 Å². The maximum atomic E-state index is 15.0. The Morgan fingerprint density at radius 2 is 1.97 bits per heavy atom. The highest BCUT2D eigenvalue weighted by atomic mass is 19.4. The average Bonchev–Trinajstić information content (AvgIpc) is 2.75. The van der Waals surface area contributed by atoms with Crippen molar-refractivity contribution in [3.8, 4) is 0 Å². The minimum Gasteiger partial charge on any atom is -0.377 e. The fraction of sp³-hybridized carbons (Fsp3) is 0.526. The molecule has 7 nitrogen and oxygen atoms in total. The Bertz CT molecular complexity index is 1040. The molecule has 1 fully saturated rings. The molecule has 2 aliphatic heterocycles. The van der Waals surface area contributed by atoms with Gasteiger partial charge >= 0.3 is 6.18 Å². The molecule has 2 atom stereocenters. The van der Waals surface area contributed by atoms with E-state index in [1.54, 1.807) is 6.92 Å². The van der Waals surface area contributed by atoms with Gasteiger partial charge in [0.15, 0.2) is 5.82 Å². The van der Waals surface area contributed by atoms with Crippen molar-refractivity contribution < 1.29 is 31.1 Å². The zero-order chi connectivity index (χ0) is 23.2. The zero-order valence-corrected chi connectivity index (χ0v) is 16.8. The van der Waals surface area contributed by atoms with E-state index in [1.165, 1.54) is 15.9 Å². The first-order valence-electron chi connectivity index (χ1n) is 9.84. The predicted octanol–water partition coefficient (Wildman–Crippen LogP) is 3.59. The monoisotopic (exact) mass is 463 g/mol. The highest BCUT2D eigenvalue weighted by molar-refractivity contribution is 5.60. The number of rotatable bonds is 3. The molecule has 0 bridgehead atoms. The van der Waals surface area contributed by atoms with E-state index in [-0.39, 0.29) is 48.4 Å². The summed E-state index contributed by atoms with van der Waals surface area (Å²) in [7, 11) is 0. The van der Waals surface area contributed by atoms with Crippen LogP contribution in [0.15, 0.2) is 23.1 Å². The summed E-state index contributed by atoms with van der Waals surface area (Å²) >= 11 is 0. The minimum atomic E-state index is -4.82. The van der Waals surface area contributed by atoms with Crippen molar-refractivity contribution in [2.24, 2.45) is 0 Å². The van der Waals surface area contributed by atoms with Gasteiger partial charge in [-0.05, 0) is 25.5 Å². The van der Waals surface area contributed by atoms with Crippen LogP contribution in [0.3, 0.4) is 0 Å². The molecule has 2 aromatic rings. The first-order valence-corrected chi connectivity index (χ1v) is 9.84. The van der Waals surface area contributed by atoms with Crippen molar-refractivity contribution >= 4 is 17.5 Å². The Morgan fingerprint density at radius 3 is 2.56 bits per heavy atom. The number of nitrogens with zero attached hydrogens (tertiary/aromatic N) is 5. The maximum Gasteiger partial charge on any atom is 0.409 e. The number of fused-ring (bicyclic) bond motifs is 1. The van der Waals surface area contributed by atoms with Crippen molar-refractivity contribution in [1.29, 1.82) is 0 Å². The molecule has 0 amide bonds. The Balaban J connectivity index is 1.87. The van der Waals surface area contributed by atoms with E-state index in [1.807, 2.05) is 0 Å². The van der Waals surface area contributed by atoms with Gasteiger partial charge in [-0.25, -0.2) is 8.78 Å². The van der Waals surface area contributed by atoms with E-state index >= 15 is 4.39 Å². The van der Waals surface area contributed by atoms with Gasteiger partial charge in [-0.3, -0.25) is 14.3 Å². The van der Waals surface area contributed by atoms with Gasteiger partial charge in [0.25, 0.3) is 12.0 Å². The number of pyridine rings is 1. The Labute approximate surface area is 178 Å². The van der Waals surface area contributed by atoms with E-state index < -0.39 is 48.1 Å². The number of aromatic nitrogens is 3. The number of ether oxygens (including phenoxy) is 1. The second-order valence-corrected chi connectivity index (χ2v) is 7.58. The number of morpholine rings is 1. The molecule has 2 aliphatic rings. The largest absolute Gasteiger partial charge is 0.409 e. The highest BCUT2D eigenvalue weighted by Gasteiger charge is 2.47. The van der Waals surface area contributed by atoms with Gasteiger partial charge in [0, 0.05) is 13.1 Å². The van der Waals surface area contributed by atoms with Gasteiger partial charge in [0.05, 0.1) is 31.1 Å². The van der Waals surface area contributed by atoms with Gasteiger partial charge in [0.2, 0.25) is 11.8 Å². The molecule has 0 radical (unpaired) electrons. The Morgan fingerprint density at radius 1 is 1.22 bits per heavy atom. The third-order valence-corrected chi connectivity index (χ3v) is 5.53. The van der Waals surface area contributed by atoms with Gasteiger partial charge < -0.3 is 14.5 Å². The molecule has 174 valence electrons. The van der Waals surface area contributed by atoms with Crippen LogP contribution in [0.5, 0.6) is 0 Å². The second kappa shape index (κ2) is 8.26. The van der Waals surface area contributed by atoms with Crippen LogP contribution in [0.2, 0.25) is 0 Å². The van der Waals surface area contributed by atoms with Gasteiger partial charge in [0.1, 0.15) is 11.7 Å². The standard InChI is InChI=1S/C19H19F6N5O2/c1-10-9-32-7-6-28(10)16-14(20)17(31)30-13(19(23,24)25)4-5-29(18(30)27-16)11-2-3-12(15(21)22)26-8-11/h2-3,8,10,13,15H,4-7,9H2,1H3/t10-,13-/m1/s1. The fourth-order valence-corrected chi connectivity index (χ4v) is 3.91. The van der Waals surface area contributed by atoms with Crippen LogP contribution in [-0.2, 0) is 4.74 Å². The molecule has 0 saturated carbocycles. The molecule has 0 aromatic carbocycles. The van der Waals surface area contributed by atoms with Crippen LogP contribution in [0.4, 0.5) is 43.8 Å². The third-order valence-electron chi connectivity index (χ3n) is 5.53. The lowest BCUT2D eigenvalue weighted by molar-refractivity contribution is -0.170. The smallest absolute Gasteiger partial charge is 0.377 e. The number of alkyl halides is 5. The summed E-state index contributed by atoms with van der Waals surface area (Å²) in [5.74, 6) is -2.18. The number of halogens is 6. The van der Waals surface area contributed by atoms with Crippen molar-refractivity contribution in [3.63, 3.8) is 0 Å². The summed E-state index contributed by atoms with van der Waals surface area (Å²) in [6.45, 7) is 2.14. The van der Waals surface area contributed by atoms with Crippen LogP contribution >= 0.6 is 0 Å². The van der Waals surface area contributed by atoms with Crippen LogP contribution < -0.4 is 15.4 Å². The molecule has 0 N–H and O–H groups in total. The molecule has 4 rings (SSSR count). The summed E-state index contributed by atoms with van der Waals surface area (Å²) in [5.41, 5.74) is -1.80. The first-order chi connectivity index (χ1) is 15.1. The molecular weight excluding hydrogens is 444 g/mol. The van der Waals surface area contributed by atoms with E-state index in [2.05, 4.69) is 9.97 Å². The molecule has 13 heteroatoms. The van der Waals surface area contributed by atoms with E-state index in [0.29, 0.717) is 0 Å². The van der Waals surface area contributed by atoms with Crippen LogP contribution in [0.1, 0.15) is 31.5 Å². The molecule has 0 spiro atoms. The topological polar surface area (TPSA) is 63.5 Å². The van der Waals surface area contributed by atoms with E-state index in [9.17, 15) is 26.7 Å². The number of anilines is 3. The predicted molar refractivity (Wildman–Crippen MR) is 102 cm³/mol. The quantitative estimate of drug-likeness (QED) is 0.649. The van der Waals surface area contributed by atoms with Crippen LogP contribution in [0, 0.1) is 5.82 Å². The van der Waals surface area contributed by atoms with Crippen LogP contribution in [-0.4, -0.2) is 53.1 Å². The van der Waals surface area contributed by atoms with Crippen molar-refractivity contribution in [3.05, 3.63) is 40.2 Å². The fourth-order valence-electron chi connectivity index (χ4n) is 3.91. The van der Waals surface area contributed by atoms with E-state index in [0.717, 1.165) is 12.3 Å². The molecule has 0 aliphatic carbocycles. The lowest BCUT2D eigenvalue weighted by Crippen LogP contribution is -2.49. The zero-order valence-electron chi connectivity index (χ0n) is 16.8. The average molecular weight is 463 g/mol. The van der Waals surface area contributed by atoms with Gasteiger partial charge in [-0.1, -0.05) is 0 Å². The minimum absolute atomic E-state index is 0.156. The molecule has 0 unspecified atom stereocenters. The summed E-state index contributed by atoms with van der Waals surface area (Å²) in [6.07, 6.45) is -7.13. The summed E-state index contributed by atoms with van der Waals surface area (Å²) in [6, 6.07) is -0.352. The molecule has 2 aromatic heterocycles. The number of hydrogen-bond donors (Lipinski definition) is 0. The second-order valence-electron chi connectivity index (χ2n) is 7.58. The summed E-state index contributed by atoms with van der Waals surface area (Å²) in [4.78, 5) is 23.3. The summed E-state index contributed by atoms with van der Waals surface area (Å²) in [5, 5.41) is 0. The maximum absolute atomic E-state index is 15.0. The molecule has 4 heterocycles. The molecule has 1 saturated heterocycles. The SMILES string of the molecule is C[C@@H]1COCCN1c1nc2n(c(=O)c1F)[C@@H](C(F)(F)F)CCN2c1ccc(C(F)F)nc1.